The quantitative estimate of drug-likeness (QED) is 0.595. The molecule has 0 bridgehead atoms. The van der Waals surface area contributed by atoms with Gasteiger partial charge in [-0.2, -0.15) is 4.91 Å². The van der Waals surface area contributed by atoms with Crippen LogP contribution in [0.15, 0.2) is 5.18 Å². The monoisotopic (exact) mass is 143 g/mol. The Labute approximate surface area is 60.4 Å². The third-order valence-electron chi connectivity index (χ3n) is 2.14. The van der Waals surface area contributed by atoms with Crippen molar-refractivity contribution in [1.29, 1.82) is 0 Å². The molecule has 0 amide bonds. The van der Waals surface area contributed by atoms with Crippen molar-refractivity contribution in [2.75, 3.05) is 6.54 Å². The predicted molar refractivity (Wildman–Crippen MR) is 38.7 cm³/mol. The maximum absolute atomic E-state index is 9.87. The lowest BCUT2D eigenvalue weighted by atomic mass is 9.85. The van der Waals surface area contributed by atoms with Gasteiger partial charge in [-0.25, -0.2) is 0 Å². The van der Waals surface area contributed by atoms with E-state index in [2.05, 4.69) is 5.18 Å². The van der Waals surface area contributed by atoms with Crippen molar-refractivity contribution in [3.63, 3.8) is 0 Å². The van der Waals surface area contributed by atoms with Crippen molar-refractivity contribution >= 4 is 0 Å². The molecule has 0 unspecified atom stereocenters. The zero-order valence-corrected chi connectivity index (χ0v) is 6.05. The molecule has 1 N–H and O–H groups in total. The first-order valence-electron chi connectivity index (χ1n) is 3.78. The smallest absolute Gasteiger partial charge is 0.110 e. The Balaban J connectivity index is 2.39. The molecule has 3 heteroatoms. The van der Waals surface area contributed by atoms with Gasteiger partial charge < -0.3 is 5.11 Å². The number of aliphatic hydroxyl groups is 1. The molecule has 1 rings (SSSR count). The summed E-state index contributed by atoms with van der Waals surface area (Å²) in [5, 5.41) is 12.3. The van der Waals surface area contributed by atoms with Gasteiger partial charge in [0.2, 0.25) is 0 Å². The summed E-state index contributed by atoms with van der Waals surface area (Å²) in [6, 6.07) is 0. The first kappa shape index (κ1) is 7.66. The SMILES string of the molecule is O=NCC1(O)CCCCC1. The molecule has 0 aromatic rings. The van der Waals surface area contributed by atoms with Crippen molar-refractivity contribution in [2.45, 2.75) is 37.7 Å². The van der Waals surface area contributed by atoms with Crippen molar-refractivity contribution in [2.24, 2.45) is 5.18 Å². The molecule has 10 heavy (non-hydrogen) atoms. The summed E-state index contributed by atoms with van der Waals surface area (Å²) < 4.78 is 0. The Morgan fingerprint density at radius 2 is 1.90 bits per heavy atom. The fourth-order valence-electron chi connectivity index (χ4n) is 1.49. The molecule has 1 saturated carbocycles. The Bertz CT molecular complexity index is 119. The summed E-state index contributed by atoms with van der Waals surface area (Å²) in [5.41, 5.74) is -0.750. The van der Waals surface area contributed by atoms with Crippen LogP contribution in [0.2, 0.25) is 0 Å². The number of rotatable bonds is 2. The molecule has 0 radical (unpaired) electrons. The second-order valence-corrected chi connectivity index (χ2v) is 3.07. The van der Waals surface area contributed by atoms with Crippen LogP contribution in [0.1, 0.15) is 32.1 Å². The van der Waals surface area contributed by atoms with Crippen molar-refractivity contribution in [1.82, 2.24) is 0 Å². The van der Waals surface area contributed by atoms with Crippen LogP contribution in [0.3, 0.4) is 0 Å². The summed E-state index contributed by atoms with van der Waals surface area (Å²) in [5.74, 6) is 0. The minimum Gasteiger partial charge on any atom is -0.388 e. The molecule has 0 aliphatic heterocycles. The summed E-state index contributed by atoms with van der Waals surface area (Å²) in [7, 11) is 0. The van der Waals surface area contributed by atoms with E-state index in [0.29, 0.717) is 0 Å². The summed E-state index contributed by atoms with van der Waals surface area (Å²) in [4.78, 5) is 9.87. The third-order valence-corrected chi connectivity index (χ3v) is 2.14. The van der Waals surface area contributed by atoms with E-state index >= 15 is 0 Å². The average molecular weight is 143 g/mol. The zero-order chi connectivity index (χ0) is 7.45. The Morgan fingerprint density at radius 1 is 1.30 bits per heavy atom. The van der Waals surface area contributed by atoms with Crippen molar-refractivity contribution in [3.8, 4) is 0 Å². The van der Waals surface area contributed by atoms with E-state index in [9.17, 15) is 10.0 Å². The molecule has 0 atom stereocenters. The van der Waals surface area contributed by atoms with Gasteiger partial charge in [-0.1, -0.05) is 24.4 Å². The second-order valence-electron chi connectivity index (χ2n) is 3.07. The van der Waals surface area contributed by atoms with Gasteiger partial charge in [-0.3, -0.25) is 0 Å². The number of hydrogen-bond donors (Lipinski definition) is 1. The summed E-state index contributed by atoms with van der Waals surface area (Å²) >= 11 is 0. The van der Waals surface area contributed by atoms with Crippen molar-refractivity contribution < 1.29 is 5.11 Å². The molecule has 3 nitrogen and oxygen atoms in total. The molecular formula is C7H13NO2. The fourth-order valence-corrected chi connectivity index (χ4v) is 1.49. The van der Waals surface area contributed by atoms with E-state index in [1.165, 1.54) is 6.42 Å². The van der Waals surface area contributed by atoms with E-state index in [1.54, 1.807) is 0 Å². The summed E-state index contributed by atoms with van der Waals surface area (Å²) in [6.45, 7) is 0.0764. The second kappa shape index (κ2) is 3.10. The molecule has 0 saturated heterocycles. The van der Waals surface area contributed by atoms with Crippen LogP contribution in [-0.4, -0.2) is 17.3 Å². The molecule has 1 aliphatic carbocycles. The van der Waals surface area contributed by atoms with Crippen LogP contribution >= 0.6 is 0 Å². The Hall–Kier alpha value is -0.440. The molecule has 0 spiro atoms. The Morgan fingerprint density at radius 3 is 2.40 bits per heavy atom. The largest absolute Gasteiger partial charge is 0.388 e. The van der Waals surface area contributed by atoms with Crippen LogP contribution in [0.25, 0.3) is 0 Å². The number of hydrogen-bond acceptors (Lipinski definition) is 3. The molecule has 0 aromatic carbocycles. The van der Waals surface area contributed by atoms with E-state index in [-0.39, 0.29) is 6.54 Å². The lowest BCUT2D eigenvalue weighted by Gasteiger charge is -2.28. The van der Waals surface area contributed by atoms with Gasteiger partial charge in [0.05, 0.1) is 5.60 Å². The lowest BCUT2D eigenvalue weighted by Crippen LogP contribution is -2.34. The van der Waals surface area contributed by atoms with Gasteiger partial charge in [-0.15, -0.1) is 0 Å². The molecule has 58 valence electrons. The van der Waals surface area contributed by atoms with Crippen molar-refractivity contribution in [3.05, 3.63) is 4.91 Å². The van der Waals surface area contributed by atoms with Gasteiger partial charge >= 0.3 is 0 Å². The van der Waals surface area contributed by atoms with Crippen LogP contribution in [0, 0.1) is 4.91 Å². The standard InChI is InChI=1S/C7H13NO2/c9-7(6-8-10)4-2-1-3-5-7/h9H,1-6H2. The highest BCUT2D eigenvalue weighted by molar-refractivity contribution is 4.83. The van der Waals surface area contributed by atoms with E-state index < -0.39 is 5.60 Å². The first-order chi connectivity index (χ1) is 4.77. The number of nitroso groups, excluding NO2 is 1. The van der Waals surface area contributed by atoms with Crippen LogP contribution in [-0.2, 0) is 0 Å². The van der Waals surface area contributed by atoms with Gasteiger partial charge in [0.25, 0.3) is 0 Å². The Kier molecular flexibility index (Phi) is 2.38. The highest BCUT2D eigenvalue weighted by Crippen LogP contribution is 2.27. The normalized spacial score (nSPS) is 24.1. The average Bonchev–Trinajstić information content (AvgIpc) is 1.89. The van der Waals surface area contributed by atoms with E-state index in [0.717, 1.165) is 25.7 Å². The molecule has 0 heterocycles. The van der Waals surface area contributed by atoms with E-state index in [1.807, 2.05) is 0 Å². The van der Waals surface area contributed by atoms with E-state index in [4.69, 9.17) is 0 Å². The predicted octanol–water partition coefficient (Wildman–Crippen LogP) is 1.45. The zero-order valence-electron chi connectivity index (χ0n) is 6.05. The highest BCUT2D eigenvalue weighted by atomic mass is 16.3. The van der Waals surface area contributed by atoms with Crippen LogP contribution in [0.5, 0.6) is 0 Å². The molecule has 0 aromatic heterocycles. The van der Waals surface area contributed by atoms with Gasteiger partial charge in [0.15, 0.2) is 0 Å². The maximum atomic E-state index is 9.87. The molecule has 1 fully saturated rings. The fraction of sp³-hybridized carbons (Fsp3) is 1.00. The number of nitrogens with zero attached hydrogens (tertiary/aromatic N) is 1. The topological polar surface area (TPSA) is 49.7 Å². The maximum Gasteiger partial charge on any atom is 0.110 e. The van der Waals surface area contributed by atoms with Gasteiger partial charge in [0.1, 0.15) is 6.54 Å². The molecule has 1 aliphatic rings. The minimum atomic E-state index is -0.750. The minimum absolute atomic E-state index is 0.0764. The summed E-state index contributed by atoms with van der Waals surface area (Å²) in [6.07, 6.45) is 4.75. The van der Waals surface area contributed by atoms with Gasteiger partial charge in [-0.05, 0) is 12.8 Å². The lowest BCUT2D eigenvalue weighted by molar-refractivity contribution is 0.0130. The van der Waals surface area contributed by atoms with Crippen LogP contribution in [0.4, 0.5) is 0 Å². The third kappa shape index (κ3) is 1.77. The molecular weight excluding hydrogens is 130 g/mol. The van der Waals surface area contributed by atoms with Gasteiger partial charge in [0, 0.05) is 0 Å². The van der Waals surface area contributed by atoms with Crippen LogP contribution < -0.4 is 0 Å². The first-order valence-corrected chi connectivity index (χ1v) is 3.78. The highest BCUT2D eigenvalue weighted by Gasteiger charge is 2.29.